The van der Waals surface area contributed by atoms with Crippen molar-refractivity contribution in [3.05, 3.63) is 35.7 Å². The van der Waals surface area contributed by atoms with Crippen LogP contribution in [0.5, 0.6) is 0 Å². The highest BCUT2D eigenvalue weighted by atomic mass is 32.2. The van der Waals surface area contributed by atoms with Crippen LogP contribution < -0.4 is 9.62 Å². The maximum absolute atomic E-state index is 12.6. The highest BCUT2D eigenvalue weighted by Crippen LogP contribution is 2.33. The Labute approximate surface area is 166 Å². The number of amides is 1. The fraction of sp³-hybridized carbons (Fsp3) is 0.312. The van der Waals surface area contributed by atoms with Crippen molar-refractivity contribution in [2.24, 2.45) is 0 Å². The van der Waals surface area contributed by atoms with Gasteiger partial charge >= 0.3 is 6.01 Å². The number of thioether (sulfide) groups is 1. The third kappa shape index (κ3) is 3.09. The molecule has 0 radical (unpaired) electrons. The Morgan fingerprint density at radius 2 is 2.00 bits per heavy atom. The van der Waals surface area contributed by atoms with E-state index in [0.29, 0.717) is 33.9 Å². The summed E-state index contributed by atoms with van der Waals surface area (Å²) in [5, 5.41) is 0.453. The number of benzene rings is 1. The average Bonchev–Trinajstić information content (AvgIpc) is 3.27. The standard InChI is InChI=1S/C16H16N4O4S3/c1-9-10(2)24-15(17-9)18-27(22,23)12-5-3-11(4-6-12)20-14(21)13-7-26-8-19(13)16(20)25/h3-6,13H,7-8H2,1-2H3,(H,17,18)/t13-/m0/s1. The fourth-order valence-electron chi connectivity index (χ4n) is 2.91. The molecule has 2 aromatic rings. The molecule has 1 aromatic heterocycles. The maximum atomic E-state index is 12.6. The average molecular weight is 425 g/mol. The van der Waals surface area contributed by atoms with Crippen LogP contribution in [-0.4, -0.2) is 47.0 Å². The second-order valence-corrected chi connectivity index (χ2v) is 9.25. The van der Waals surface area contributed by atoms with Crippen LogP contribution in [0.1, 0.15) is 11.5 Å². The Bertz CT molecular complexity index is 991. The molecule has 3 heterocycles. The van der Waals surface area contributed by atoms with Crippen LogP contribution in [-0.2, 0) is 14.8 Å². The van der Waals surface area contributed by atoms with Gasteiger partial charge in [0, 0.05) is 5.75 Å². The van der Waals surface area contributed by atoms with E-state index < -0.39 is 10.0 Å². The zero-order valence-corrected chi connectivity index (χ0v) is 16.9. The summed E-state index contributed by atoms with van der Waals surface area (Å²) < 4.78 is 32.6. The first-order valence-corrected chi connectivity index (χ1v) is 11.1. The minimum absolute atomic E-state index is 0.0355. The molecule has 2 aliphatic heterocycles. The molecule has 2 aliphatic rings. The van der Waals surface area contributed by atoms with E-state index in [2.05, 4.69) is 9.71 Å². The molecule has 4 rings (SSSR count). The van der Waals surface area contributed by atoms with Gasteiger partial charge in [0.1, 0.15) is 11.8 Å². The van der Waals surface area contributed by atoms with Gasteiger partial charge < -0.3 is 9.32 Å². The molecule has 0 aliphatic carbocycles. The molecular formula is C16H16N4O4S3. The Balaban J connectivity index is 1.57. The lowest BCUT2D eigenvalue weighted by Gasteiger charge is -2.18. The van der Waals surface area contributed by atoms with Crippen LogP contribution in [0, 0.1) is 13.8 Å². The van der Waals surface area contributed by atoms with Gasteiger partial charge in [-0.2, -0.15) is 4.98 Å². The molecule has 1 N–H and O–H groups in total. The van der Waals surface area contributed by atoms with Crippen LogP contribution in [0.25, 0.3) is 0 Å². The van der Waals surface area contributed by atoms with Crippen LogP contribution in [0.15, 0.2) is 33.6 Å². The predicted octanol–water partition coefficient (Wildman–Crippen LogP) is 2.10. The smallest absolute Gasteiger partial charge is 0.309 e. The van der Waals surface area contributed by atoms with Crippen LogP contribution in [0.4, 0.5) is 11.7 Å². The highest BCUT2D eigenvalue weighted by molar-refractivity contribution is 7.99. The van der Waals surface area contributed by atoms with Gasteiger partial charge in [-0.05, 0) is 50.3 Å². The third-order valence-corrected chi connectivity index (χ3v) is 7.25. The normalized spacial score (nSPS) is 19.7. The van der Waals surface area contributed by atoms with Crippen molar-refractivity contribution in [1.82, 2.24) is 9.88 Å². The first kappa shape index (κ1) is 18.3. The van der Waals surface area contributed by atoms with Gasteiger partial charge in [-0.15, -0.1) is 11.8 Å². The molecule has 2 fully saturated rings. The summed E-state index contributed by atoms with van der Waals surface area (Å²) in [6.07, 6.45) is 0. The number of aryl methyl sites for hydroxylation is 2. The molecule has 0 bridgehead atoms. The minimum Gasteiger partial charge on any atom is -0.428 e. The van der Waals surface area contributed by atoms with Crippen LogP contribution in [0.3, 0.4) is 0 Å². The van der Waals surface area contributed by atoms with Crippen molar-refractivity contribution in [2.45, 2.75) is 24.8 Å². The summed E-state index contributed by atoms with van der Waals surface area (Å²) >= 11 is 7.08. The number of aromatic nitrogens is 1. The van der Waals surface area contributed by atoms with E-state index in [4.69, 9.17) is 16.6 Å². The zero-order valence-electron chi connectivity index (χ0n) is 14.5. The number of carbonyl (C=O) groups excluding carboxylic acids is 1. The highest BCUT2D eigenvalue weighted by Gasteiger charge is 2.45. The van der Waals surface area contributed by atoms with Gasteiger partial charge in [0.2, 0.25) is 0 Å². The lowest BCUT2D eigenvalue weighted by molar-refractivity contribution is -0.118. The molecule has 0 unspecified atom stereocenters. The molecule has 1 amide bonds. The summed E-state index contributed by atoms with van der Waals surface area (Å²) in [6.45, 7) is 3.43. The fourth-order valence-corrected chi connectivity index (χ4v) is 5.46. The summed E-state index contributed by atoms with van der Waals surface area (Å²) in [5.74, 6) is 1.87. The quantitative estimate of drug-likeness (QED) is 0.746. The minimum atomic E-state index is -3.86. The van der Waals surface area contributed by atoms with Crippen molar-refractivity contribution in [3.63, 3.8) is 0 Å². The number of oxazole rings is 1. The number of sulfonamides is 1. The lowest BCUT2D eigenvalue weighted by atomic mass is 10.2. The summed E-state index contributed by atoms with van der Waals surface area (Å²) in [5.41, 5.74) is 1.16. The second-order valence-electron chi connectivity index (χ2n) is 6.20. The van der Waals surface area contributed by atoms with Gasteiger partial charge in [-0.3, -0.25) is 9.69 Å². The van der Waals surface area contributed by atoms with Crippen molar-refractivity contribution in [1.29, 1.82) is 0 Å². The first-order valence-electron chi connectivity index (χ1n) is 8.07. The molecule has 0 spiro atoms. The monoisotopic (exact) mass is 424 g/mol. The zero-order chi connectivity index (χ0) is 19.3. The predicted molar refractivity (Wildman–Crippen MR) is 106 cm³/mol. The van der Waals surface area contributed by atoms with E-state index in [0.717, 1.165) is 0 Å². The molecule has 2 saturated heterocycles. The Morgan fingerprint density at radius 1 is 1.30 bits per heavy atom. The number of rotatable bonds is 4. The number of nitrogens with one attached hydrogen (secondary N) is 1. The van der Waals surface area contributed by atoms with Crippen molar-refractivity contribution in [2.75, 3.05) is 21.3 Å². The second kappa shape index (κ2) is 6.50. The number of nitrogens with zero attached hydrogens (tertiary/aromatic N) is 3. The van der Waals surface area contributed by atoms with Gasteiger partial charge in [0.25, 0.3) is 15.9 Å². The summed E-state index contributed by atoms with van der Waals surface area (Å²) in [6, 6.07) is 5.68. The molecular weight excluding hydrogens is 408 g/mol. The van der Waals surface area contributed by atoms with Gasteiger partial charge in [0.05, 0.1) is 22.2 Å². The number of hydrogen-bond donors (Lipinski definition) is 1. The largest absolute Gasteiger partial charge is 0.428 e. The van der Waals surface area contributed by atoms with Crippen molar-refractivity contribution >= 4 is 56.7 Å². The number of fused-ring (bicyclic) bond motifs is 1. The molecule has 27 heavy (non-hydrogen) atoms. The number of thiocarbonyl (C=S) groups is 1. The van der Waals surface area contributed by atoms with E-state index in [1.165, 1.54) is 17.0 Å². The number of hydrogen-bond acceptors (Lipinski definition) is 7. The summed E-state index contributed by atoms with van der Waals surface area (Å²) in [4.78, 5) is 20.0. The van der Waals surface area contributed by atoms with E-state index in [1.807, 2.05) is 4.90 Å². The van der Waals surface area contributed by atoms with Crippen molar-refractivity contribution < 1.29 is 17.6 Å². The summed E-state index contributed by atoms with van der Waals surface area (Å²) in [7, 11) is -3.86. The van der Waals surface area contributed by atoms with Gasteiger partial charge in [-0.25, -0.2) is 13.1 Å². The van der Waals surface area contributed by atoms with Crippen molar-refractivity contribution in [3.8, 4) is 0 Å². The van der Waals surface area contributed by atoms with Gasteiger partial charge in [-0.1, -0.05) is 0 Å². The number of carbonyl (C=O) groups is 1. The maximum Gasteiger partial charge on any atom is 0.309 e. The molecule has 1 atom stereocenters. The first-order chi connectivity index (χ1) is 12.8. The SMILES string of the molecule is Cc1nc(NS(=O)(=O)c2ccc(N3C(=O)[C@@H]4CSCN4C3=S)cc2)oc1C. The molecule has 1 aromatic carbocycles. The topological polar surface area (TPSA) is 95.8 Å². The Morgan fingerprint density at radius 3 is 2.59 bits per heavy atom. The Hall–Kier alpha value is -2.11. The molecule has 8 nitrogen and oxygen atoms in total. The van der Waals surface area contributed by atoms with Crippen LogP contribution in [0.2, 0.25) is 0 Å². The molecule has 0 saturated carbocycles. The van der Waals surface area contributed by atoms with Gasteiger partial charge in [0.15, 0.2) is 5.11 Å². The van der Waals surface area contributed by atoms with E-state index >= 15 is 0 Å². The van der Waals surface area contributed by atoms with E-state index in [9.17, 15) is 13.2 Å². The molecule has 11 heteroatoms. The van der Waals surface area contributed by atoms with Crippen LogP contribution >= 0.6 is 24.0 Å². The Kier molecular flexibility index (Phi) is 4.40. The van der Waals surface area contributed by atoms with E-state index in [1.54, 1.807) is 37.7 Å². The molecule has 142 valence electrons. The lowest BCUT2D eigenvalue weighted by Crippen LogP contribution is -2.32. The van der Waals surface area contributed by atoms with E-state index in [-0.39, 0.29) is 22.9 Å². The third-order valence-electron chi connectivity index (χ3n) is 4.48. The number of anilines is 2.